The van der Waals surface area contributed by atoms with Gasteiger partial charge in [0.2, 0.25) is 5.91 Å². The number of rotatable bonds is 0. The highest BCUT2D eigenvalue weighted by Crippen LogP contribution is 2.21. The second-order valence-corrected chi connectivity index (χ2v) is 11.6. The first-order valence-corrected chi connectivity index (χ1v) is 11.5. The zero-order chi connectivity index (χ0) is 27.7. The van der Waals surface area contributed by atoms with E-state index in [1.807, 2.05) is 62.3 Å². The van der Waals surface area contributed by atoms with Crippen LogP contribution in [0.15, 0.2) is 0 Å². The molecule has 0 aromatic carbocycles. The van der Waals surface area contributed by atoms with E-state index in [1.54, 1.807) is 23.6 Å². The second-order valence-electron chi connectivity index (χ2n) is 11.6. The van der Waals surface area contributed by atoms with Crippen molar-refractivity contribution in [2.45, 2.75) is 105 Å². The molecule has 3 rings (SSSR count). The average Bonchev–Trinajstić information content (AvgIpc) is 3.20. The van der Waals surface area contributed by atoms with Gasteiger partial charge in [0.25, 0.3) is 11.8 Å². The predicted octanol–water partition coefficient (Wildman–Crippen LogP) is 1.79. The number of carbonyl (C=O) groups is 6. The lowest BCUT2D eigenvalue weighted by atomic mass is 10.1. The van der Waals surface area contributed by atoms with Gasteiger partial charge in [-0.1, -0.05) is 0 Å². The van der Waals surface area contributed by atoms with Gasteiger partial charge < -0.3 is 14.7 Å². The number of hydrogen-bond donors (Lipinski definition) is 3. The molecule has 3 fully saturated rings. The third-order valence-corrected chi connectivity index (χ3v) is 5.48. The molecule has 9 amide bonds. The summed E-state index contributed by atoms with van der Waals surface area (Å²) in [5, 5.41) is 6.76. The van der Waals surface area contributed by atoms with E-state index >= 15 is 0 Å². The van der Waals surface area contributed by atoms with Crippen molar-refractivity contribution in [3.05, 3.63) is 0 Å². The maximum atomic E-state index is 11.2. The first kappa shape index (κ1) is 29.9. The number of urea groups is 3. The quantitative estimate of drug-likeness (QED) is 0.436. The monoisotopic (exact) mass is 496 g/mol. The second kappa shape index (κ2) is 10.2. The summed E-state index contributed by atoms with van der Waals surface area (Å²) in [6, 6.07) is -1.57. The molecule has 0 saturated carbocycles. The zero-order valence-corrected chi connectivity index (χ0v) is 22.7. The van der Waals surface area contributed by atoms with Gasteiger partial charge in [-0.3, -0.25) is 30.3 Å². The molecule has 0 aromatic rings. The van der Waals surface area contributed by atoms with E-state index < -0.39 is 0 Å². The summed E-state index contributed by atoms with van der Waals surface area (Å²) >= 11 is 0. The fourth-order valence-electron chi connectivity index (χ4n) is 3.88. The summed E-state index contributed by atoms with van der Waals surface area (Å²) in [4.78, 5) is 71.0. The SMILES string of the molecule is CC(C)(C)N1CC(=O)NC1=O.C[C@@H]1C(=O)NC(=O)N1C(C)(C)C.C[C@H]1C(=O)NC(=O)N1C(C)(C)C. The van der Waals surface area contributed by atoms with Crippen LogP contribution in [-0.4, -0.2) is 85.8 Å². The lowest BCUT2D eigenvalue weighted by molar-refractivity contribution is -0.122. The molecule has 12 heteroatoms. The van der Waals surface area contributed by atoms with Gasteiger partial charge >= 0.3 is 18.1 Å². The molecule has 2 atom stereocenters. The molecule has 3 aliphatic rings. The average molecular weight is 497 g/mol. The molecule has 12 nitrogen and oxygen atoms in total. The van der Waals surface area contributed by atoms with Crippen molar-refractivity contribution in [1.29, 1.82) is 0 Å². The lowest BCUT2D eigenvalue weighted by Gasteiger charge is -2.33. The van der Waals surface area contributed by atoms with E-state index in [2.05, 4.69) is 16.0 Å². The van der Waals surface area contributed by atoms with Crippen LogP contribution in [0.4, 0.5) is 14.4 Å². The summed E-state index contributed by atoms with van der Waals surface area (Å²) in [5.74, 6) is -0.644. The van der Waals surface area contributed by atoms with Crippen molar-refractivity contribution >= 4 is 35.8 Å². The van der Waals surface area contributed by atoms with Crippen LogP contribution < -0.4 is 16.0 Å². The minimum atomic E-state index is -0.350. The highest BCUT2D eigenvalue weighted by molar-refractivity contribution is 6.05. The van der Waals surface area contributed by atoms with Crippen LogP contribution >= 0.6 is 0 Å². The molecule has 0 aromatic heterocycles. The molecule has 35 heavy (non-hydrogen) atoms. The smallest absolute Gasteiger partial charge is 0.310 e. The van der Waals surface area contributed by atoms with E-state index in [1.165, 1.54) is 4.90 Å². The molecule has 0 bridgehead atoms. The minimum absolute atomic E-state index is 0.183. The third-order valence-electron chi connectivity index (χ3n) is 5.48. The van der Waals surface area contributed by atoms with Crippen LogP contribution in [0.1, 0.15) is 76.2 Å². The normalized spacial score (nSPS) is 22.9. The van der Waals surface area contributed by atoms with Crippen molar-refractivity contribution in [3.63, 3.8) is 0 Å². The Morgan fingerprint density at radius 2 is 0.914 bits per heavy atom. The zero-order valence-electron chi connectivity index (χ0n) is 22.7. The molecule has 0 spiro atoms. The maximum absolute atomic E-state index is 11.2. The molecule has 3 heterocycles. The number of hydrogen-bond acceptors (Lipinski definition) is 6. The summed E-state index contributed by atoms with van der Waals surface area (Å²) in [5.41, 5.74) is -0.860. The molecule has 0 unspecified atom stereocenters. The van der Waals surface area contributed by atoms with Gasteiger partial charge in [-0.05, 0) is 76.2 Å². The number of amides is 9. The Hall–Kier alpha value is -3.18. The Bertz CT molecular complexity index is 846. The van der Waals surface area contributed by atoms with E-state index in [4.69, 9.17) is 0 Å². The Kier molecular flexibility index (Phi) is 8.70. The largest absolute Gasteiger partial charge is 0.325 e. The lowest BCUT2D eigenvalue weighted by Crippen LogP contribution is -2.47. The van der Waals surface area contributed by atoms with Crippen LogP contribution in [0.3, 0.4) is 0 Å². The summed E-state index contributed by atoms with van der Waals surface area (Å²) < 4.78 is 0. The first-order valence-electron chi connectivity index (χ1n) is 11.5. The Morgan fingerprint density at radius 3 is 1.03 bits per heavy atom. The fraction of sp³-hybridized carbons (Fsp3) is 0.739. The molecular weight excluding hydrogens is 456 g/mol. The van der Waals surface area contributed by atoms with Crippen molar-refractivity contribution in [2.24, 2.45) is 0 Å². The molecule has 3 aliphatic heterocycles. The van der Waals surface area contributed by atoms with E-state index in [0.29, 0.717) is 0 Å². The van der Waals surface area contributed by atoms with Gasteiger partial charge in [0.1, 0.15) is 18.6 Å². The maximum Gasteiger partial charge on any atom is 0.325 e. The van der Waals surface area contributed by atoms with Crippen LogP contribution in [0, 0.1) is 0 Å². The van der Waals surface area contributed by atoms with Gasteiger partial charge in [0.05, 0.1) is 0 Å². The van der Waals surface area contributed by atoms with Crippen molar-refractivity contribution in [2.75, 3.05) is 6.54 Å². The number of nitrogens with zero attached hydrogens (tertiary/aromatic N) is 3. The molecular formula is C23H40N6O6. The Morgan fingerprint density at radius 1 is 0.571 bits per heavy atom. The van der Waals surface area contributed by atoms with Gasteiger partial charge in [-0.15, -0.1) is 0 Å². The summed E-state index contributed by atoms with van der Waals surface area (Å²) in [6.07, 6.45) is 0. The molecule has 3 saturated heterocycles. The van der Waals surface area contributed by atoms with Crippen molar-refractivity contribution in [1.82, 2.24) is 30.7 Å². The predicted molar refractivity (Wildman–Crippen MR) is 129 cm³/mol. The number of imide groups is 3. The van der Waals surface area contributed by atoms with Crippen molar-refractivity contribution in [3.8, 4) is 0 Å². The molecule has 3 N–H and O–H groups in total. The molecule has 0 radical (unpaired) electrons. The fourth-order valence-corrected chi connectivity index (χ4v) is 3.88. The highest BCUT2D eigenvalue weighted by atomic mass is 16.2. The molecule has 198 valence electrons. The molecule has 0 aliphatic carbocycles. The Labute approximate surface area is 207 Å². The summed E-state index contributed by atoms with van der Waals surface area (Å²) in [6.45, 7) is 20.7. The highest BCUT2D eigenvalue weighted by Gasteiger charge is 2.42. The van der Waals surface area contributed by atoms with Crippen LogP contribution in [0.2, 0.25) is 0 Å². The van der Waals surface area contributed by atoms with Gasteiger partial charge in [0, 0.05) is 16.6 Å². The number of carbonyl (C=O) groups excluding carboxylic acids is 6. The van der Waals surface area contributed by atoms with E-state index in [-0.39, 0.29) is 71.1 Å². The van der Waals surface area contributed by atoms with E-state index in [9.17, 15) is 28.8 Å². The third kappa shape index (κ3) is 7.40. The van der Waals surface area contributed by atoms with E-state index in [0.717, 1.165) is 0 Å². The van der Waals surface area contributed by atoms with Crippen LogP contribution in [-0.2, 0) is 14.4 Å². The van der Waals surface area contributed by atoms with Gasteiger partial charge in [-0.2, -0.15) is 0 Å². The standard InChI is InChI=1S/2C8H14N2O2.C7H12N2O2/c2*1-5-6(11)9-7(12)10(5)8(2,3)4;1-7(2,3)9-4-5(10)8-6(9)11/h2*5H,1-4H3,(H,9,11,12);4H2,1-3H3,(H,8,10,11)/t2*5-;/m10./s1. The Balaban J connectivity index is 0.000000263. The van der Waals surface area contributed by atoms with Gasteiger partial charge in [-0.25, -0.2) is 14.4 Å². The van der Waals surface area contributed by atoms with Crippen LogP contribution in [0.25, 0.3) is 0 Å². The van der Waals surface area contributed by atoms with Gasteiger partial charge in [0.15, 0.2) is 0 Å². The number of nitrogens with one attached hydrogen (secondary N) is 3. The summed E-state index contributed by atoms with van der Waals surface area (Å²) in [7, 11) is 0. The van der Waals surface area contributed by atoms with Crippen molar-refractivity contribution < 1.29 is 28.8 Å². The first-order chi connectivity index (χ1) is 15.6. The topological polar surface area (TPSA) is 148 Å². The van der Waals surface area contributed by atoms with Crippen LogP contribution in [0.5, 0.6) is 0 Å². The minimum Gasteiger partial charge on any atom is -0.310 e.